The number of benzene rings is 1. The zero-order valence-electron chi connectivity index (χ0n) is 9.00. The van der Waals surface area contributed by atoms with Crippen LogP contribution in [-0.2, 0) is 0 Å². The first kappa shape index (κ1) is 10.4. The number of aliphatic hydroxyl groups excluding tert-OH is 1. The maximum atomic E-state index is 13.3. The molecule has 0 amide bonds. The van der Waals surface area contributed by atoms with Crippen LogP contribution >= 0.6 is 0 Å². The molecule has 2 unspecified atom stereocenters. The third-order valence-corrected chi connectivity index (χ3v) is 3.42. The van der Waals surface area contributed by atoms with E-state index < -0.39 is 0 Å². The van der Waals surface area contributed by atoms with Crippen molar-refractivity contribution in [3.05, 3.63) is 30.1 Å². The standard InChI is InChI=1S/C12H16FNO/c1-12(2)10(7-11(12)15)14-9-6-4-3-5-8(9)13/h3-6,10-11,14-15H,7H2,1-2H3. The van der Waals surface area contributed by atoms with Gasteiger partial charge in [-0.3, -0.25) is 0 Å². The molecule has 2 N–H and O–H groups in total. The summed E-state index contributed by atoms with van der Waals surface area (Å²) in [6, 6.07) is 6.76. The van der Waals surface area contributed by atoms with Gasteiger partial charge in [-0.25, -0.2) is 4.39 Å². The average molecular weight is 209 g/mol. The second-order valence-corrected chi connectivity index (χ2v) is 4.75. The summed E-state index contributed by atoms with van der Waals surface area (Å²) in [5.74, 6) is -0.241. The lowest BCUT2D eigenvalue weighted by atomic mass is 9.64. The second-order valence-electron chi connectivity index (χ2n) is 4.75. The van der Waals surface area contributed by atoms with Crippen molar-refractivity contribution >= 4 is 5.69 Å². The lowest BCUT2D eigenvalue weighted by Crippen LogP contribution is -2.57. The van der Waals surface area contributed by atoms with Gasteiger partial charge < -0.3 is 10.4 Å². The van der Waals surface area contributed by atoms with Crippen LogP contribution < -0.4 is 5.32 Å². The molecule has 82 valence electrons. The predicted octanol–water partition coefficient (Wildman–Crippen LogP) is 2.40. The number of anilines is 1. The number of hydrogen-bond donors (Lipinski definition) is 2. The molecule has 0 radical (unpaired) electrons. The van der Waals surface area contributed by atoms with Crippen molar-refractivity contribution < 1.29 is 9.50 Å². The van der Waals surface area contributed by atoms with Crippen LogP contribution in [0.15, 0.2) is 24.3 Å². The minimum Gasteiger partial charge on any atom is -0.392 e. The maximum absolute atomic E-state index is 13.3. The van der Waals surface area contributed by atoms with E-state index in [1.54, 1.807) is 18.2 Å². The van der Waals surface area contributed by atoms with Gasteiger partial charge in [0.15, 0.2) is 0 Å². The molecule has 1 aliphatic rings. The predicted molar refractivity (Wildman–Crippen MR) is 58.2 cm³/mol. The molecule has 1 aromatic carbocycles. The third-order valence-electron chi connectivity index (χ3n) is 3.42. The second kappa shape index (κ2) is 3.49. The fourth-order valence-electron chi connectivity index (χ4n) is 1.91. The molecule has 0 heterocycles. The highest BCUT2D eigenvalue weighted by Gasteiger charge is 2.47. The summed E-state index contributed by atoms with van der Waals surface area (Å²) >= 11 is 0. The summed E-state index contributed by atoms with van der Waals surface area (Å²) in [6.45, 7) is 3.97. The molecule has 2 rings (SSSR count). The number of aliphatic hydroxyl groups is 1. The Bertz CT molecular complexity index is 364. The van der Waals surface area contributed by atoms with Crippen molar-refractivity contribution in [2.24, 2.45) is 5.41 Å². The Balaban J connectivity index is 2.08. The summed E-state index contributed by atoms with van der Waals surface area (Å²) in [7, 11) is 0. The van der Waals surface area contributed by atoms with Gasteiger partial charge in [0.05, 0.1) is 11.8 Å². The van der Waals surface area contributed by atoms with Gasteiger partial charge in [-0.05, 0) is 18.6 Å². The van der Waals surface area contributed by atoms with E-state index in [0.29, 0.717) is 12.1 Å². The zero-order valence-corrected chi connectivity index (χ0v) is 9.00. The lowest BCUT2D eigenvalue weighted by molar-refractivity contribution is -0.0511. The molecule has 2 atom stereocenters. The van der Waals surface area contributed by atoms with Crippen LogP contribution in [0, 0.1) is 11.2 Å². The number of nitrogens with one attached hydrogen (secondary N) is 1. The number of para-hydroxylation sites is 1. The van der Waals surface area contributed by atoms with Crippen LogP contribution in [0.4, 0.5) is 10.1 Å². The molecule has 3 heteroatoms. The van der Waals surface area contributed by atoms with E-state index in [1.165, 1.54) is 6.07 Å². The molecule has 2 nitrogen and oxygen atoms in total. The van der Waals surface area contributed by atoms with Gasteiger partial charge in [0.25, 0.3) is 0 Å². The lowest BCUT2D eigenvalue weighted by Gasteiger charge is -2.49. The molecule has 1 aromatic rings. The molecule has 1 aliphatic carbocycles. The molecular formula is C12H16FNO. The minimum atomic E-state index is -0.290. The van der Waals surface area contributed by atoms with Gasteiger partial charge in [-0.2, -0.15) is 0 Å². The Morgan fingerprint density at radius 2 is 2.07 bits per heavy atom. The van der Waals surface area contributed by atoms with Gasteiger partial charge in [-0.1, -0.05) is 26.0 Å². The Morgan fingerprint density at radius 1 is 1.40 bits per heavy atom. The van der Waals surface area contributed by atoms with Crippen molar-refractivity contribution in [3.63, 3.8) is 0 Å². The minimum absolute atomic E-state index is 0.143. The average Bonchev–Trinajstić information content (AvgIpc) is 2.20. The van der Waals surface area contributed by atoms with Crippen LogP contribution in [0.2, 0.25) is 0 Å². The summed E-state index contributed by atoms with van der Waals surface area (Å²) in [5.41, 5.74) is 0.338. The van der Waals surface area contributed by atoms with Gasteiger partial charge in [0.2, 0.25) is 0 Å². The quantitative estimate of drug-likeness (QED) is 0.784. The van der Waals surface area contributed by atoms with Crippen molar-refractivity contribution in [2.45, 2.75) is 32.4 Å². The van der Waals surface area contributed by atoms with Gasteiger partial charge in [0.1, 0.15) is 5.82 Å². The highest BCUT2D eigenvalue weighted by Crippen LogP contribution is 2.42. The van der Waals surface area contributed by atoms with Crippen LogP contribution in [-0.4, -0.2) is 17.3 Å². The van der Waals surface area contributed by atoms with Gasteiger partial charge in [0, 0.05) is 11.5 Å². The number of hydrogen-bond acceptors (Lipinski definition) is 2. The highest BCUT2D eigenvalue weighted by atomic mass is 19.1. The molecule has 15 heavy (non-hydrogen) atoms. The first-order chi connectivity index (χ1) is 7.01. The molecule has 0 aliphatic heterocycles. The topological polar surface area (TPSA) is 32.3 Å². The van der Waals surface area contributed by atoms with E-state index in [4.69, 9.17) is 0 Å². The van der Waals surface area contributed by atoms with Crippen molar-refractivity contribution in [1.29, 1.82) is 0 Å². The van der Waals surface area contributed by atoms with Crippen molar-refractivity contribution in [2.75, 3.05) is 5.32 Å². The molecule has 1 saturated carbocycles. The van der Waals surface area contributed by atoms with Crippen LogP contribution in [0.3, 0.4) is 0 Å². The molecule has 0 aromatic heterocycles. The monoisotopic (exact) mass is 209 g/mol. The normalized spacial score (nSPS) is 28.3. The van der Waals surface area contributed by atoms with Gasteiger partial charge in [-0.15, -0.1) is 0 Å². The van der Waals surface area contributed by atoms with E-state index in [2.05, 4.69) is 5.32 Å². The van der Waals surface area contributed by atoms with Crippen LogP contribution in [0.25, 0.3) is 0 Å². The Hall–Kier alpha value is -1.09. The Kier molecular flexibility index (Phi) is 2.43. The fraction of sp³-hybridized carbons (Fsp3) is 0.500. The Labute approximate surface area is 89.1 Å². The van der Waals surface area contributed by atoms with E-state index in [1.807, 2.05) is 13.8 Å². The van der Waals surface area contributed by atoms with Crippen molar-refractivity contribution in [1.82, 2.24) is 0 Å². The zero-order chi connectivity index (χ0) is 11.1. The number of rotatable bonds is 2. The summed E-state index contributed by atoms with van der Waals surface area (Å²) in [4.78, 5) is 0. The van der Waals surface area contributed by atoms with Gasteiger partial charge >= 0.3 is 0 Å². The molecule has 0 bridgehead atoms. The smallest absolute Gasteiger partial charge is 0.146 e. The Morgan fingerprint density at radius 3 is 2.60 bits per heavy atom. The van der Waals surface area contributed by atoms with E-state index in [-0.39, 0.29) is 23.4 Å². The molecule has 1 fully saturated rings. The highest BCUT2D eigenvalue weighted by molar-refractivity contribution is 5.46. The van der Waals surface area contributed by atoms with E-state index in [0.717, 1.165) is 0 Å². The molecule has 0 spiro atoms. The summed E-state index contributed by atoms with van der Waals surface area (Å²) < 4.78 is 13.3. The first-order valence-electron chi connectivity index (χ1n) is 5.21. The summed E-state index contributed by atoms with van der Waals surface area (Å²) in [6.07, 6.45) is 0.392. The molecular weight excluding hydrogens is 193 g/mol. The van der Waals surface area contributed by atoms with E-state index in [9.17, 15) is 9.50 Å². The maximum Gasteiger partial charge on any atom is 0.146 e. The largest absolute Gasteiger partial charge is 0.392 e. The number of halogens is 1. The van der Waals surface area contributed by atoms with E-state index >= 15 is 0 Å². The molecule has 0 saturated heterocycles. The summed E-state index contributed by atoms with van der Waals surface area (Å²) in [5, 5.41) is 12.7. The SMILES string of the molecule is CC1(C)C(O)CC1Nc1ccccc1F. The third kappa shape index (κ3) is 1.72. The van der Waals surface area contributed by atoms with Crippen LogP contribution in [0.5, 0.6) is 0 Å². The van der Waals surface area contributed by atoms with Crippen molar-refractivity contribution in [3.8, 4) is 0 Å². The van der Waals surface area contributed by atoms with Crippen LogP contribution in [0.1, 0.15) is 20.3 Å². The fourth-order valence-corrected chi connectivity index (χ4v) is 1.91. The first-order valence-corrected chi connectivity index (χ1v) is 5.21.